The van der Waals surface area contributed by atoms with Gasteiger partial charge in [-0.2, -0.15) is 0 Å². The molecule has 0 radical (unpaired) electrons. The zero-order chi connectivity index (χ0) is 15.5. The molecule has 1 aliphatic rings. The maximum Gasteiger partial charge on any atom is 0.218 e. The van der Waals surface area contributed by atoms with Crippen LogP contribution >= 0.6 is 0 Å². The van der Waals surface area contributed by atoms with E-state index in [9.17, 15) is 8.42 Å². The second-order valence-corrected chi connectivity index (χ2v) is 7.71. The number of hydrogen-bond acceptors (Lipinski definition) is 4. The Balaban J connectivity index is 2.00. The number of anilines is 1. The molecule has 0 bridgehead atoms. The highest BCUT2D eigenvalue weighted by molar-refractivity contribution is 7.88. The van der Waals surface area contributed by atoms with Crippen LogP contribution in [0.2, 0.25) is 0 Å². The number of nitrogens with two attached hydrogens (primary N) is 1. The average Bonchev–Trinajstić information content (AvgIpc) is 2.49. The second kappa shape index (κ2) is 6.77. The van der Waals surface area contributed by atoms with Gasteiger partial charge in [0.25, 0.3) is 0 Å². The number of nitrogen functional groups attached to an aromatic ring is 1. The largest absolute Gasteiger partial charge is 0.399 e. The summed E-state index contributed by atoms with van der Waals surface area (Å²) in [4.78, 5) is 2.36. The standard InChI is InChI=1S/C15H25N3O2S/c1-3-18-10-8-15(9-11-18)17(2)21(19,20)12-13-4-6-14(16)7-5-13/h4-7,15H,3,8-12,16H2,1-2H3. The fraction of sp³-hybridized carbons (Fsp3) is 0.600. The molecule has 6 heteroatoms. The monoisotopic (exact) mass is 311 g/mol. The molecule has 0 atom stereocenters. The first-order chi connectivity index (χ1) is 9.92. The average molecular weight is 311 g/mol. The maximum absolute atomic E-state index is 12.5. The predicted octanol–water partition coefficient (Wildman–Crippen LogP) is 1.51. The van der Waals surface area contributed by atoms with E-state index in [0.29, 0.717) is 5.69 Å². The van der Waals surface area contributed by atoms with Crippen molar-refractivity contribution < 1.29 is 8.42 Å². The summed E-state index contributed by atoms with van der Waals surface area (Å²) in [5.41, 5.74) is 7.06. The number of rotatable bonds is 5. The van der Waals surface area contributed by atoms with E-state index in [1.807, 2.05) is 0 Å². The fourth-order valence-corrected chi connectivity index (χ4v) is 4.23. The van der Waals surface area contributed by atoms with Crippen LogP contribution in [0.3, 0.4) is 0 Å². The van der Waals surface area contributed by atoms with Gasteiger partial charge in [0.1, 0.15) is 0 Å². The molecule has 2 N–H and O–H groups in total. The summed E-state index contributed by atoms with van der Waals surface area (Å²) in [5.74, 6) is 0.0395. The molecule has 118 valence electrons. The van der Waals surface area contributed by atoms with Crippen molar-refractivity contribution >= 4 is 15.7 Å². The number of benzene rings is 1. The van der Waals surface area contributed by atoms with Crippen LogP contribution in [-0.4, -0.2) is 50.3 Å². The van der Waals surface area contributed by atoms with Gasteiger partial charge < -0.3 is 10.6 Å². The molecular formula is C15H25N3O2S. The van der Waals surface area contributed by atoms with Crippen LogP contribution in [0.5, 0.6) is 0 Å². The van der Waals surface area contributed by atoms with Gasteiger partial charge in [-0.05, 0) is 50.2 Å². The van der Waals surface area contributed by atoms with E-state index in [4.69, 9.17) is 5.73 Å². The number of nitrogens with zero attached hydrogens (tertiary/aromatic N) is 2. The third-order valence-corrected chi connectivity index (χ3v) is 6.16. The van der Waals surface area contributed by atoms with E-state index in [0.717, 1.165) is 38.0 Å². The zero-order valence-corrected chi connectivity index (χ0v) is 13.6. The normalized spacial score (nSPS) is 18.2. The topological polar surface area (TPSA) is 66.6 Å². The van der Waals surface area contributed by atoms with Gasteiger partial charge in [0.05, 0.1) is 5.75 Å². The van der Waals surface area contributed by atoms with Crippen molar-refractivity contribution in [1.82, 2.24) is 9.21 Å². The van der Waals surface area contributed by atoms with E-state index >= 15 is 0 Å². The Kier molecular flexibility index (Phi) is 5.24. The minimum atomic E-state index is -3.28. The lowest BCUT2D eigenvalue weighted by Gasteiger charge is -2.35. The molecule has 0 spiro atoms. The van der Waals surface area contributed by atoms with Crippen LogP contribution in [-0.2, 0) is 15.8 Å². The van der Waals surface area contributed by atoms with Crippen LogP contribution in [0.15, 0.2) is 24.3 Å². The van der Waals surface area contributed by atoms with Gasteiger partial charge in [-0.1, -0.05) is 19.1 Å². The quantitative estimate of drug-likeness (QED) is 0.837. The third-order valence-electron chi connectivity index (χ3n) is 4.29. The van der Waals surface area contributed by atoms with Crippen molar-refractivity contribution in [1.29, 1.82) is 0 Å². The zero-order valence-electron chi connectivity index (χ0n) is 12.8. The SMILES string of the molecule is CCN1CCC(N(C)S(=O)(=O)Cc2ccc(N)cc2)CC1. The van der Waals surface area contributed by atoms with Crippen molar-refractivity contribution in [3.63, 3.8) is 0 Å². The molecule has 0 unspecified atom stereocenters. The number of likely N-dealkylation sites (tertiary alicyclic amines) is 1. The first-order valence-corrected chi connectivity index (χ1v) is 9.06. The van der Waals surface area contributed by atoms with Gasteiger partial charge in [-0.3, -0.25) is 0 Å². The first-order valence-electron chi connectivity index (χ1n) is 7.45. The molecule has 5 nitrogen and oxygen atoms in total. The highest BCUT2D eigenvalue weighted by Gasteiger charge is 2.29. The highest BCUT2D eigenvalue weighted by atomic mass is 32.2. The summed E-state index contributed by atoms with van der Waals surface area (Å²) in [6.07, 6.45) is 1.82. The van der Waals surface area contributed by atoms with E-state index in [1.54, 1.807) is 35.6 Å². The smallest absolute Gasteiger partial charge is 0.218 e. The van der Waals surface area contributed by atoms with Crippen molar-refractivity contribution in [2.24, 2.45) is 0 Å². The van der Waals surface area contributed by atoms with Crippen LogP contribution in [0.4, 0.5) is 5.69 Å². The van der Waals surface area contributed by atoms with Gasteiger partial charge in [-0.25, -0.2) is 12.7 Å². The van der Waals surface area contributed by atoms with Crippen molar-refractivity contribution in [2.45, 2.75) is 31.6 Å². The number of hydrogen-bond donors (Lipinski definition) is 1. The fourth-order valence-electron chi connectivity index (χ4n) is 2.75. The Labute approximate surface area is 127 Å². The number of sulfonamides is 1. The lowest BCUT2D eigenvalue weighted by Crippen LogP contribution is -2.45. The van der Waals surface area contributed by atoms with E-state index in [1.165, 1.54) is 0 Å². The molecule has 1 aromatic rings. The predicted molar refractivity (Wildman–Crippen MR) is 86.4 cm³/mol. The van der Waals surface area contributed by atoms with Gasteiger partial charge >= 0.3 is 0 Å². The van der Waals surface area contributed by atoms with Crippen molar-refractivity contribution in [3.8, 4) is 0 Å². The highest BCUT2D eigenvalue weighted by Crippen LogP contribution is 2.20. The summed E-state index contributed by atoms with van der Waals surface area (Å²) in [7, 11) is -1.57. The summed E-state index contributed by atoms with van der Waals surface area (Å²) < 4.78 is 26.6. The Morgan fingerprint density at radius 3 is 2.33 bits per heavy atom. The number of piperidine rings is 1. The Morgan fingerprint density at radius 1 is 1.24 bits per heavy atom. The van der Waals surface area contributed by atoms with E-state index in [-0.39, 0.29) is 11.8 Å². The molecule has 21 heavy (non-hydrogen) atoms. The van der Waals surface area contributed by atoms with Crippen LogP contribution in [0, 0.1) is 0 Å². The van der Waals surface area contributed by atoms with Crippen LogP contribution in [0.1, 0.15) is 25.3 Å². The van der Waals surface area contributed by atoms with Crippen LogP contribution in [0.25, 0.3) is 0 Å². The molecule has 2 rings (SSSR count). The van der Waals surface area contributed by atoms with Crippen molar-refractivity contribution in [2.75, 3.05) is 32.4 Å². The van der Waals surface area contributed by atoms with E-state index < -0.39 is 10.0 Å². The summed E-state index contributed by atoms with van der Waals surface area (Å²) in [5, 5.41) is 0. The van der Waals surface area contributed by atoms with Gasteiger partial charge in [0.15, 0.2) is 0 Å². The lowest BCUT2D eigenvalue weighted by atomic mass is 10.1. The molecule has 1 saturated heterocycles. The summed E-state index contributed by atoms with van der Waals surface area (Å²) in [6, 6.07) is 7.15. The molecule has 0 aromatic heterocycles. The molecule has 1 heterocycles. The molecule has 1 aromatic carbocycles. The molecule has 1 fully saturated rings. The Bertz CT molecular complexity index is 549. The molecular weight excluding hydrogens is 286 g/mol. The summed E-state index contributed by atoms with van der Waals surface area (Å²) >= 11 is 0. The molecule has 0 saturated carbocycles. The van der Waals surface area contributed by atoms with Gasteiger partial charge in [0.2, 0.25) is 10.0 Å². The Morgan fingerprint density at radius 2 is 1.81 bits per heavy atom. The summed E-state index contributed by atoms with van der Waals surface area (Å²) in [6.45, 7) is 5.13. The third kappa shape index (κ3) is 4.18. The minimum Gasteiger partial charge on any atom is -0.399 e. The molecule has 1 aliphatic heterocycles. The lowest BCUT2D eigenvalue weighted by molar-refractivity contribution is 0.176. The second-order valence-electron chi connectivity index (χ2n) is 5.68. The minimum absolute atomic E-state index is 0.0395. The van der Waals surface area contributed by atoms with Gasteiger partial charge in [-0.15, -0.1) is 0 Å². The molecule has 0 amide bonds. The van der Waals surface area contributed by atoms with Gasteiger partial charge in [0, 0.05) is 18.8 Å². The maximum atomic E-state index is 12.5. The molecule has 0 aliphatic carbocycles. The van der Waals surface area contributed by atoms with Crippen molar-refractivity contribution in [3.05, 3.63) is 29.8 Å². The van der Waals surface area contributed by atoms with E-state index in [2.05, 4.69) is 11.8 Å². The Hall–Kier alpha value is -1.11. The first kappa shape index (κ1) is 16.3. The van der Waals surface area contributed by atoms with Crippen LogP contribution < -0.4 is 5.73 Å².